The zero-order chi connectivity index (χ0) is 17.6. The van der Waals surface area contributed by atoms with Gasteiger partial charge in [0.2, 0.25) is 0 Å². The molecule has 0 aromatic heterocycles. The summed E-state index contributed by atoms with van der Waals surface area (Å²) in [6.45, 7) is 3.61. The van der Waals surface area contributed by atoms with Gasteiger partial charge in [0.15, 0.2) is 0 Å². The number of alkyl halides is 3. The first-order chi connectivity index (χ1) is 11.4. The first-order valence-corrected chi connectivity index (χ1v) is 7.75. The average Bonchev–Trinajstić information content (AvgIpc) is 2.46. The number of hydrogen-bond donors (Lipinski definition) is 0. The summed E-state index contributed by atoms with van der Waals surface area (Å²) in [6.07, 6.45) is -3.31. The van der Waals surface area contributed by atoms with Crippen LogP contribution in [-0.4, -0.2) is 43.2 Å². The van der Waals surface area contributed by atoms with Crippen molar-refractivity contribution in [2.24, 2.45) is 0 Å². The Kier molecular flexibility index (Phi) is 6.30. The van der Waals surface area contributed by atoms with Crippen LogP contribution in [0.1, 0.15) is 25.3 Å². The van der Waals surface area contributed by atoms with Crippen LogP contribution in [0.3, 0.4) is 0 Å². The molecule has 0 spiro atoms. The molecule has 0 atom stereocenters. The Morgan fingerprint density at radius 1 is 1.25 bits per heavy atom. The molecular weight excluding hydrogens is 327 g/mol. The summed E-state index contributed by atoms with van der Waals surface area (Å²) >= 11 is 0. The predicted molar refractivity (Wildman–Crippen MR) is 79.5 cm³/mol. The lowest BCUT2D eigenvalue weighted by Crippen LogP contribution is -2.54. The van der Waals surface area contributed by atoms with Gasteiger partial charge in [0, 0.05) is 0 Å². The van der Waals surface area contributed by atoms with Crippen molar-refractivity contribution in [1.82, 2.24) is 4.90 Å². The molecule has 5 nitrogen and oxygen atoms in total. The van der Waals surface area contributed by atoms with E-state index in [9.17, 15) is 18.0 Å². The normalized spacial score (nSPS) is 15.1. The molecule has 0 radical (unpaired) electrons. The van der Waals surface area contributed by atoms with Crippen LogP contribution in [0.25, 0.3) is 0 Å². The molecule has 1 aromatic carbocycles. The highest BCUT2D eigenvalue weighted by atomic mass is 19.4. The number of carbonyl (C=O) groups excluding carboxylic acids is 1. The molecule has 1 aliphatic heterocycles. The number of unbranched alkanes of at least 4 members (excludes halogenated alkanes) is 1. The fourth-order valence-electron chi connectivity index (χ4n) is 2.09. The minimum absolute atomic E-state index is 0.0881. The monoisotopic (exact) mass is 347 g/mol. The van der Waals surface area contributed by atoms with Gasteiger partial charge in [-0.3, -0.25) is 0 Å². The van der Waals surface area contributed by atoms with Crippen molar-refractivity contribution in [3.05, 3.63) is 29.8 Å². The lowest BCUT2D eigenvalue weighted by atomic mass is 10.2. The predicted octanol–water partition coefficient (Wildman–Crippen LogP) is 3.72. The summed E-state index contributed by atoms with van der Waals surface area (Å²) < 4.78 is 50.6. The average molecular weight is 347 g/mol. The second kappa shape index (κ2) is 8.23. The second-order valence-corrected chi connectivity index (χ2v) is 5.50. The Bertz CT molecular complexity index is 527. The highest BCUT2D eigenvalue weighted by Crippen LogP contribution is 2.23. The minimum atomic E-state index is -4.70. The van der Waals surface area contributed by atoms with Crippen molar-refractivity contribution in [2.45, 2.75) is 38.8 Å². The van der Waals surface area contributed by atoms with Crippen molar-refractivity contribution in [3.63, 3.8) is 0 Å². The lowest BCUT2D eigenvalue weighted by molar-refractivity contribution is -0.274. The van der Waals surface area contributed by atoms with Gasteiger partial charge in [-0.05, 0) is 24.1 Å². The van der Waals surface area contributed by atoms with Crippen molar-refractivity contribution < 1.29 is 32.2 Å². The van der Waals surface area contributed by atoms with E-state index in [1.165, 1.54) is 24.3 Å². The van der Waals surface area contributed by atoms with E-state index in [4.69, 9.17) is 9.47 Å². The number of benzene rings is 1. The second-order valence-electron chi connectivity index (χ2n) is 5.50. The van der Waals surface area contributed by atoms with Crippen LogP contribution in [0.4, 0.5) is 18.0 Å². The van der Waals surface area contributed by atoms with Gasteiger partial charge < -0.3 is 19.1 Å². The van der Waals surface area contributed by atoms with Crippen LogP contribution in [0.5, 0.6) is 5.75 Å². The Morgan fingerprint density at radius 2 is 1.92 bits per heavy atom. The van der Waals surface area contributed by atoms with Gasteiger partial charge in [-0.25, -0.2) is 4.79 Å². The zero-order valence-electron chi connectivity index (χ0n) is 13.3. The molecule has 0 saturated carbocycles. The molecule has 24 heavy (non-hydrogen) atoms. The van der Waals surface area contributed by atoms with Crippen molar-refractivity contribution in [3.8, 4) is 5.75 Å². The van der Waals surface area contributed by atoms with E-state index in [1.807, 2.05) is 6.92 Å². The maximum absolute atomic E-state index is 12.1. The van der Waals surface area contributed by atoms with Crippen LogP contribution < -0.4 is 4.74 Å². The summed E-state index contributed by atoms with van der Waals surface area (Å²) in [5.74, 6) is -0.268. The van der Waals surface area contributed by atoms with Crippen molar-refractivity contribution >= 4 is 6.09 Å². The molecule has 1 fully saturated rings. The third kappa shape index (κ3) is 5.92. The van der Waals surface area contributed by atoms with Crippen LogP contribution in [0.2, 0.25) is 0 Å². The zero-order valence-corrected chi connectivity index (χ0v) is 13.3. The largest absolute Gasteiger partial charge is 0.573 e. The van der Waals surface area contributed by atoms with E-state index in [2.05, 4.69) is 4.74 Å². The van der Waals surface area contributed by atoms with Crippen molar-refractivity contribution in [2.75, 3.05) is 19.7 Å². The maximum Gasteiger partial charge on any atom is 0.573 e. The summed E-state index contributed by atoms with van der Waals surface area (Å²) in [5.41, 5.74) is 0.730. The fourth-order valence-corrected chi connectivity index (χ4v) is 2.09. The molecule has 1 saturated heterocycles. The Hall–Kier alpha value is -1.96. The van der Waals surface area contributed by atoms with Gasteiger partial charge in [0.25, 0.3) is 0 Å². The molecule has 8 heteroatoms. The Balaban J connectivity index is 1.66. The summed E-state index contributed by atoms with van der Waals surface area (Å²) in [6, 6.07) is 5.50. The molecule has 1 aliphatic rings. The molecule has 1 aromatic rings. The summed E-state index contributed by atoms with van der Waals surface area (Å²) in [4.78, 5) is 13.2. The van der Waals surface area contributed by atoms with E-state index < -0.39 is 6.36 Å². The van der Waals surface area contributed by atoms with Crippen LogP contribution in [0.15, 0.2) is 24.3 Å². The van der Waals surface area contributed by atoms with Crippen molar-refractivity contribution in [1.29, 1.82) is 0 Å². The quantitative estimate of drug-likeness (QED) is 0.706. The van der Waals surface area contributed by atoms with E-state index in [0.29, 0.717) is 19.7 Å². The number of ether oxygens (including phenoxy) is 3. The van der Waals surface area contributed by atoms with Gasteiger partial charge in [0.1, 0.15) is 5.75 Å². The highest BCUT2D eigenvalue weighted by molar-refractivity contribution is 5.68. The molecular formula is C16H20F3NO4. The number of amides is 1. The summed E-state index contributed by atoms with van der Waals surface area (Å²) in [5, 5.41) is 0. The number of halogens is 3. The van der Waals surface area contributed by atoms with Gasteiger partial charge in [0.05, 0.1) is 32.4 Å². The molecule has 0 bridgehead atoms. The van der Waals surface area contributed by atoms with Gasteiger partial charge in [-0.1, -0.05) is 25.5 Å². The SMILES string of the molecule is CCCCOC(=O)N1CC(OCc2ccc(OC(F)(F)F)cc2)C1. The van der Waals surface area contributed by atoms with E-state index in [-0.39, 0.29) is 24.6 Å². The van der Waals surface area contributed by atoms with Crippen LogP contribution in [-0.2, 0) is 16.1 Å². The van der Waals surface area contributed by atoms with Gasteiger partial charge in [-0.2, -0.15) is 0 Å². The molecule has 1 amide bonds. The number of hydrogen-bond acceptors (Lipinski definition) is 4. The number of likely N-dealkylation sites (tertiary alicyclic amines) is 1. The minimum Gasteiger partial charge on any atom is -0.449 e. The van der Waals surface area contributed by atoms with E-state index >= 15 is 0 Å². The first-order valence-electron chi connectivity index (χ1n) is 7.75. The molecule has 2 rings (SSSR count). The molecule has 0 unspecified atom stereocenters. The third-order valence-electron chi connectivity index (χ3n) is 3.47. The smallest absolute Gasteiger partial charge is 0.449 e. The third-order valence-corrected chi connectivity index (χ3v) is 3.47. The van der Waals surface area contributed by atoms with E-state index in [1.54, 1.807) is 4.90 Å². The topological polar surface area (TPSA) is 48.0 Å². The Labute approximate surface area is 138 Å². The number of nitrogens with zero attached hydrogens (tertiary/aromatic N) is 1. The number of rotatable bonds is 7. The molecule has 1 heterocycles. The summed E-state index contributed by atoms with van der Waals surface area (Å²) in [7, 11) is 0. The lowest BCUT2D eigenvalue weighted by Gasteiger charge is -2.37. The van der Waals surface area contributed by atoms with Crippen LogP contribution >= 0.6 is 0 Å². The molecule has 0 aliphatic carbocycles. The van der Waals surface area contributed by atoms with Crippen LogP contribution in [0, 0.1) is 0 Å². The fraction of sp³-hybridized carbons (Fsp3) is 0.562. The van der Waals surface area contributed by atoms with E-state index in [0.717, 1.165) is 18.4 Å². The molecule has 0 N–H and O–H groups in total. The van der Waals surface area contributed by atoms with Gasteiger partial charge in [-0.15, -0.1) is 13.2 Å². The maximum atomic E-state index is 12.1. The standard InChI is InChI=1S/C16H20F3NO4/c1-2-3-8-22-15(21)20-9-14(10-20)23-11-12-4-6-13(7-5-12)24-16(17,18)19/h4-7,14H,2-3,8-11H2,1H3. The first kappa shape index (κ1) is 18.4. The highest BCUT2D eigenvalue weighted by Gasteiger charge is 2.32. The molecule has 134 valence electrons. The Morgan fingerprint density at radius 3 is 2.50 bits per heavy atom. The van der Waals surface area contributed by atoms with Gasteiger partial charge >= 0.3 is 12.5 Å². The number of carbonyl (C=O) groups is 1.